The SMILES string of the molecule is O=C(NCCS(=O)(=O)[O-])C(c1ccccc1)c1ccccc1.O=C(O)C(c1ccccc1)c1ccccc1.[Na+]. The van der Waals surface area contributed by atoms with Crippen LogP contribution in [0.25, 0.3) is 0 Å². The van der Waals surface area contributed by atoms with Gasteiger partial charge in [-0.1, -0.05) is 121 Å². The molecule has 0 atom stereocenters. The Kier molecular flexibility index (Phi) is 13.1. The van der Waals surface area contributed by atoms with Crippen LogP contribution >= 0.6 is 0 Å². The number of aliphatic carboxylic acids is 1. The second-order valence-electron chi connectivity index (χ2n) is 8.40. The Morgan fingerprint density at radius 3 is 1.23 bits per heavy atom. The first kappa shape index (κ1) is 31.9. The largest absolute Gasteiger partial charge is 1.00 e. The molecule has 0 aliphatic rings. The average Bonchev–Trinajstić information content (AvgIpc) is 2.91. The number of carbonyl (C=O) groups excluding carboxylic acids is 1. The maximum atomic E-state index is 12.4. The second kappa shape index (κ2) is 16.0. The number of hydrogen-bond donors (Lipinski definition) is 2. The van der Waals surface area contributed by atoms with E-state index in [1.807, 2.05) is 121 Å². The van der Waals surface area contributed by atoms with Gasteiger partial charge in [0.05, 0.1) is 21.8 Å². The van der Waals surface area contributed by atoms with E-state index in [1.54, 1.807) is 0 Å². The molecule has 0 fully saturated rings. The first-order valence-electron chi connectivity index (χ1n) is 11.9. The fourth-order valence-corrected chi connectivity index (χ4v) is 4.31. The third-order valence-electron chi connectivity index (χ3n) is 5.69. The minimum Gasteiger partial charge on any atom is -0.748 e. The summed E-state index contributed by atoms with van der Waals surface area (Å²) in [5, 5.41) is 11.8. The Balaban J connectivity index is 0.000000279. The van der Waals surface area contributed by atoms with Crippen LogP contribution in [-0.4, -0.2) is 42.3 Å². The monoisotopic (exact) mass is 553 g/mol. The van der Waals surface area contributed by atoms with E-state index in [2.05, 4.69) is 5.32 Å². The number of nitrogens with one attached hydrogen (secondary N) is 1. The van der Waals surface area contributed by atoms with Gasteiger partial charge in [0.1, 0.15) is 5.92 Å². The van der Waals surface area contributed by atoms with Gasteiger partial charge < -0.3 is 15.0 Å². The molecule has 39 heavy (non-hydrogen) atoms. The van der Waals surface area contributed by atoms with E-state index in [4.69, 9.17) is 0 Å². The van der Waals surface area contributed by atoms with Crippen molar-refractivity contribution in [3.63, 3.8) is 0 Å². The molecule has 0 saturated carbocycles. The van der Waals surface area contributed by atoms with E-state index in [9.17, 15) is 27.7 Å². The standard InChI is InChI=1S/C16H17NO4S.C14H12O2.Na/c18-16(17-11-12-22(19,20)21)15(13-7-3-1-4-8-13)14-9-5-2-6-10-14;15-14(16)13(11-7-3-1-4-8-11)12-9-5-2-6-10-12;/h1-10,15H,11-12H2,(H,17,18)(H,19,20,21);1-10,13H,(H,15,16);/q;;+1/p-1. The first-order chi connectivity index (χ1) is 18.3. The fourth-order valence-electron chi connectivity index (χ4n) is 3.96. The zero-order valence-corrected chi connectivity index (χ0v) is 24.3. The molecule has 0 spiro atoms. The van der Waals surface area contributed by atoms with E-state index in [-0.39, 0.29) is 42.0 Å². The van der Waals surface area contributed by atoms with Crippen LogP contribution < -0.4 is 34.9 Å². The zero-order chi connectivity index (χ0) is 27.4. The van der Waals surface area contributed by atoms with Crippen molar-refractivity contribution in [3.8, 4) is 0 Å². The first-order valence-corrected chi connectivity index (χ1v) is 13.5. The van der Waals surface area contributed by atoms with Crippen LogP contribution in [0.2, 0.25) is 0 Å². The molecule has 0 bridgehead atoms. The summed E-state index contributed by atoms with van der Waals surface area (Å²) in [5.74, 6) is -2.90. The van der Waals surface area contributed by atoms with E-state index < -0.39 is 33.7 Å². The maximum absolute atomic E-state index is 12.4. The van der Waals surface area contributed by atoms with E-state index in [0.29, 0.717) is 0 Å². The molecule has 0 heterocycles. The third kappa shape index (κ3) is 10.4. The summed E-state index contributed by atoms with van der Waals surface area (Å²) in [4.78, 5) is 23.7. The van der Waals surface area contributed by atoms with Crippen molar-refractivity contribution >= 4 is 22.0 Å². The maximum Gasteiger partial charge on any atom is 1.00 e. The van der Waals surface area contributed by atoms with Crippen molar-refractivity contribution < 1.29 is 57.2 Å². The van der Waals surface area contributed by atoms with Crippen LogP contribution in [-0.2, 0) is 19.7 Å². The summed E-state index contributed by atoms with van der Waals surface area (Å²) in [6, 6.07) is 36.9. The molecule has 2 N–H and O–H groups in total. The van der Waals surface area contributed by atoms with Crippen molar-refractivity contribution in [2.75, 3.05) is 12.3 Å². The van der Waals surface area contributed by atoms with E-state index >= 15 is 0 Å². The van der Waals surface area contributed by atoms with E-state index in [0.717, 1.165) is 22.3 Å². The Bertz CT molecular complexity index is 1320. The van der Waals surface area contributed by atoms with Crippen LogP contribution in [0.3, 0.4) is 0 Å². The van der Waals surface area contributed by atoms with Crippen molar-refractivity contribution in [2.45, 2.75) is 11.8 Å². The van der Waals surface area contributed by atoms with Crippen molar-refractivity contribution in [2.24, 2.45) is 0 Å². The quantitative estimate of drug-likeness (QED) is 0.239. The molecule has 0 aromatic heterocycles. The van der Waals surface area contributed by atoms with Crippen LogP contribution in [0.5, 0.6) is 0 Å². The average molecular weight is 554 g/mol. The number of carboxylic acid groups (broad SMARTS) is 1. The molecular formula is C30H28NNaO6S. The van der Waals surface area contributed by atoms with Gasteiger partial charge >= 0.3 is 35.5 Å². The molecule has 4 rings (SSSR count). The topological polar surface area (TPSA) is 124 Å². The molecule has 0 aliphatic carbocycles. The molecule has 9 heteroatoms. The Hall–Kier alpha value is -3.27. The zero-order valence-electron chi connectivity index (χ0n) is 21.5. The second-order valence-corrected chi connectivity index (χ2v) is 9.92. The van der Waals surface area contributed by atoms with Gasteiger partial charge in [-0.05, 0) is 22.3 Å². The summed E-state index contributed by atoms with van der Waals surface area (Å²) in [6.07, 6.45) is 0. The van der Waals surface area contributed by atoms with Crippen molar-refractivity contribution in [1.29, 1.82) is 0 Å². The molecule has 4 aromatic rings. The predicted octanol–water partition coefficient (Wildman–Crippen LogP) is 1.39. The molecule has 1 amide bonds. The molecule has 4 aromatic carbocycles. The molecule has 0 radical (unpaired) electrons. The van der Waals surface area contributed by atoms with Gasteiger partial charge in [-0.3, -0.25) is 9.59 Å². The number of rotatable bonds is 9. The van der Waals surface area contributed by atoms with Crippen LogP contribution in [0.4, 0.5) is 0 Å². The Morgan fingerprint density at radius 1 is 0.641 bits per heavy atom. The molecule has 0 aliphatic heterocycles. The Morgan fingerprint density at radius 2 is 0.949 bits per heavy atom. The van der Waals surface area contributed by atoms with E-state index in [1.165, 1.54) is 0 Å². The molecule has 0 unspecified atom stereocenters. The van der Waals surface area contributed by atoms with Gasteiger partial charge in [0.15, 0.2) is 0 Å². The van der Waals surface area contributed by atoms with Crippen LogP contribution in [0, 0.1) is 0 Å². The summed E-state index contributed by atoms with van der Waals surface area (Å²) in [7, 11) is -4.34. The molecule has 7 nitrogen and oxygen atoms in total. The molecule has 0 saturated heterocycles. The van der Waals surface area contributed by atoms with Gasteiger partial charge in [0.2, 0.25) is 5.91 Å². The van der Waals surface area contributed by atoms with Gasteiger partial charge in [-0.2, -0.15) is 0 Å². The van der Waals surface area contributed by atoms with Crippen LogP contribution in [0.15, 0.2) is 121 Å². The van der Waals surface area contributed by atoms with Gasteiger partial charge in [0, 0.05) is 6.54 Å². The van der Waals surface area contributed by atoms with Gasteiger partial charge in [0.25, 0.3) is 0 Å². The van der Waals surface area contributed by atoms with Crippen molar-refractivity contribution in [3.05, 3.63) is 144 Å². The Labute approximate surface area is 251 Å². The summed E-state index contributed by atoms with van der Waals surface area (Å²) in [6.45, 7) is -0.194. The summed E-state index contributed by atoms with van der Waals surface area (Å²) in [5.41, 5.74) is 3.22. The third-order valence-corrected chi connectivity index (χ3v) is 6.40. The minimum absolute atomic E-state index is 0. The van der Waals surface area contributed by atoms with Crippen molar-refractivity contribution in [1.82, 2.24) is 5.32 Å². The van der Waals surface area contributed by atoms with Gasteiger partial charge in [-0.15, -0.1) is 0 Å². The number of carboxylic acids is 1. The number of hydrogen-bond acceptors (Lipinski definition) is 5. The number of amides is 1. The number of benzene rings is 4. The molecular weight excluding hydrogens is 525 g/mol. The fraction of sp³-hybridized carbons (Fsp3) is 0.133. The number of carbonyl (C=O) groups is 2. The van der Waals surface area contributed by atoms with Crippen LogP contribution in [0.1, 0.15) is 34.1 Å². The smallest absolute Gasteiger partial charge is 0.748 e. The van der Waals surface area contributed by atoms with Gasteiger partial charge in [-0.25, -0.2) is 8.42 Å². The minimum atomic E-state index is -4.34. The summed E-state index contributed by atoms with van der Waals surface area (Å²) >= 11 is 0. The predicted molar refractivity (Wildman–Crippen MR) is 145 cm³/mol. The molecule has 196 valence electrons. The normalized spacial score (nSPS) is 10.6. The summed E-state index contributed by atoms with van der Waals surface area (Å²) < 4.78 is 31.8.